The van der Waals surface area contributed by atoms with Gasteiger partial charge in [0.25, 0.3) is 0 Å². The molecule has 0 unspecified atom stereocenters. The lowest BCUT2D eigenvalue weighted by molar-refractivity contribution is -0.106. The van der Waals surface area contributed by atoms with E-state index in [1.807, 2.05) is 30.3 Å². The van der Waals surface area contributed by atoms with Gasteiger partial charge in [-0.15, -0.1) is 0 Å². The summed E-state index contributed by atoms with van der Waals surface area (Å²) in [6, 6.07) is 9.99. The molecule has 0 aliphatic heterocycles. The first-order valence-electron chi connectivity index (χ1n) is 4.75. The second-order valence-corrected chi connectivity index (χ2v) is 3.26. The minimum absolute atomic E-state index is 0.345. The van der Waals surface area contributed by atoms with E-state index in [9.17, 15) is 0 Å². The maximum atomic E-state index is 5.17. The zero-order chi connectivity index (χ0) is 10.7. The molecule has 0 saturated carbocycles. The first-order valence-corrected chi connectivity index (χ1v) is 4.75. The summed E-state index contributed by atoms with van der Waals surface area (Å²) in [6.45, 7) is 0. The zero-order valence-corrected chi connectivity index (χ0v) is 8.81. The maximum absolute atomic E-state index is 5.17. The SMILES string of the molecule is COC(OC)c1cnc2ccccc2c1. The molecule has 0 bridgehead atoms. The predicted molar refractivity (Wildman–Crippen MR) is 58.5 cm³/mol. The van der Waals surface area contributed by atoms with Crippen LogP contribution < -0.4 is 0 Å². The summed E-state index contributed by atoms with van der Waals surface area (Å²) in [6.07, 6.45) is 1.43. The minimum atomic E-state index is -0.345. The quantitative estimate of drug-likeness (QED) is 0.718. The molecule has 0 amide bonds. The fourth-order valence-electron chi connectivity index (χ4n) is 1.59. The van der Waals surface area contributed by atoms with Crippen molar-refractivity contribution in [2.45, 2.75) is 6.29 Å². The summed E-state index contributed by atoms with van der Waals surface area (Å²) < 4.78 is 10.3. The van der Waals surface area contributed by atoms with E-state index in [0.29, 0.717) is 0 Å². The van der Waals surface area contributed by atoms with Gasteiger partial charge in [0.1, 0.15) is 0 Å². The molecule has 0 N–H and O–H groups in total. The van der Waals surface area contributed by atoms with E-state index in [-0.39, 0.29) is 6.29 Å². The van der Waals surface area contributed by atoms with Crippen molar-refractivity contribution in [2.24, 2.45) is 0 Å². The number of hydrogen-bond acceptors (Lipinski definition) is 3. The van der Waals surface area contributed by atoms with Crippen molar-refractivity contribution in [2.75, 3.05) is 14.2 Å². The normalized spacial score (nSPS) is 11.1. The second kappa shape index (κ2) is 4.38. The molecule has 0 aliphatic carbocycles. The summed E-state index contributed by atoms with van der Waals surface area (Å²) >= 11 is 0. The van der Waals surface area contributed by atoms with Crippen molar-refractivity contribution in [3.8, 4) is 0 Å². The smallest absolute Gasteiger partial charge is 0.184 e. The van der Waals surface area contributed by atoms with Gasteiger partial charge in [-0.3, -0.25) is 4.98 Å². The largest absolute Gasteiger partial charge is 0.352 e. The lowest BCUT2D eigenvalue weighted by Crippen LogP contribution is -2.03. The number of methoxy groups -OCH3 is 2. The van der Waals surface area contributed by atoms with Crippen molar-refractivity contribution < 1.29 is 9.47 Å². The monoisotopic (exact) mass is 203 g/mol. The van der Waals surface area contributed by atoms with Crippen LogP contribution in [-0.2, 0) is 9.47 Å². The van der Waals surface area contributed by atoms with Crippen LogP contribution in [0.4, 0.5) is 0 Å². The molecule has 1 aromatic heterocycles. The second-order valence-electron chi connectivity index (χ2n) is 3.26. The maximum Gasteiger partial charge on any atom is 0.184 e. The van der Waals surface area contributed by atoms with Crippen molar-refractivity contribution in [3.05, 3.63) is 42.1 Å². The number of hydrogen-bond donors (Lipinski definition) is 0. The Morgan fingerprint density at radius 2 is 1.87 bits per heavy atom. The van der Waals surface area contributed by atoms with Crippen LogP contribution in [0.1, 0.15) is 11.9 Å². The zero-order valence-electron chi connectivity index (χ0n) is 8.81. The number of ether oxygens (including phenoxy) is 2. The Hall–Kier alpha value is -1.45. The molecular formula is C12H13NO2. The van der Waals surface area contributed by atoms with Crippen LogP contribution >= 0.6 is 0 Å². The van der Waals surface area contributed by atoms with Crippen LogP contribution in [0.2, 0.25) is 0 Å². The highest BCUT2D eigenvalue weighted by atomic mass is 16.7. The number of fused-ring (bicyclic) bond motifs is 1. The lowest BCUT2D eigenvalue weighted by atomic mass is 10.1. The van der Waals surface area contributed by atoms with Crippen LogP contribution in [-0.4, -0.2) is 19.2 Å². The van der Waals surface area contributed by atoms with Crippen LogP contribution in [0.5, 0.6) is 0 Å². The van der Waals surface area contributed by atoms with Crippen molar-refractivity contribution in [1.82, 2.24) is 4.98 Å². The van der Waals surface area contributed by atoms with E-state index in [4.69, 9.17) is 9.47 Å². The van der Waals surface area contributed by atoms with Crippen LogP contribution in [0.25, 0.3) is 10.9 Å². The molecular weight excluding hydrogens is 190 g/mol. The Bertz CT molecular complexity index is 452. The fraction of sp³-hybridized carbons (Fsp3) is 0.250. The van der Waals surface area contributed by atoms with Crippen LogP contribution in [0, 0.1) is 0 Å². The van der Waals surface area contributed by atoms with Gasteiger partial charge in [0.2, 0.25) is 0 Å². The van der Waals surface area contributed by atoms with Gasteiger partial charge in [0.15, 0.2) is 6.29 Å². The standard InChI is InChI=1S/C12H13NO2/c1-14-12(15-2)10-7-9-5-3-4-6-11(9)13-8-10/h3-8,12H,1-2H3. The van der Waals surface area contributed by atoms with Gasteiger partial charge in [-0.05, 0) is 12.1 Å². The number of rotatable bonds is 3. The Kier molecular flexibility index (Phi) is 2.94. The van der Waals surface area contributed by atoms with Gasteiger partial charge < -0.3 is 9.47 Å². The van der Waals surface area contributed by atoms with E-state index < -0.39 is 0 Å². The highest BCUT2D eigenvalue weighted by molar-refractivity contribution is 5.78. The molecule has 1 heterocycles. The highest BCUT2D eigenvalue weighted by Crippen LogP contribution is 2.20. The Labute approximate surface area is 88.7 Å². The third kappa shape index (κ3) is 1.98. The van der Waals surface area contributed by atoms with Gasteiger partial charge in [0.05, 0.1) is 5.52 Å². The molecule has 0 radical (unpaired) electrons. The minimum Gasteiger partial charge on any atom is -0.352 e. The van der Waals surface area contributed by atoms with E-state index in [1.54, 1.807) is 20.4 Å². The summed E-state index contributed by atoms with van der Waals surface area (Å²) in [5.41, 5.74) is 1.91. The van der Waals surface area contributed by atoms with E-state index in [1.165, 1.54) is 0 Å². The molecule has 0 fully saturated rings. The van der Waals surface area contributed by atoms with Crippen LogP contribution in [0.15, 0.2) is 36.5 Å². The van der Waals surface area contributed by atoms with Gasteiger partial charge in [-0.1, -0.05) is 18.2 Å². The van der Waals surface area contributed by atoms with Crippen molar-refractivity contribution in [1.29, 1.82) is 0 Å². The lowest BCUT2D eigenvalue weighted by Gasteiger charge is -2.13. The first kappa shape index (κ1) is 10.1. The third-order valence-corrected chi connectivity index (χ3v) is 2.31. The summed E-state index contributed by atoms with van der Waals surface area (Å²) in [5, 5.41) is 1.09. The number of para-hydroxylation sites is 1. The number of pyridine rings is 1. The molecule has 1 aromatic carbocycles. The van der Waals surface area contributed by atoms with Gasteiger partial charge in [0, 0.05) is 31.4 Å². The third-order valence-electron chi connectivity index (χ3n) is 2.31. The van der Waals surface area contributed by atoms with Crippen molar-refractivity contribution >= 4 is 10.9 Å². The topological polar surface area (TPSA) is 31.4 Å². The molecule has 15 heavy (non-hydrogen) atoms. The Balaban J connectivity index is 2.46. The molecule has 0 spiro atoms. The molecule has 78 valence electrons. The molecule has 3 heteroatoms. The molecule has 2 aromatic rings. The molecule has 2 rings (SSSR count). The number of benzene rings is 1. The predicted octanol–water partition coefficient (Wildman–Crippen LogP) is 2.53. The molecule has 0 saturated heterocycles. The van der Waals surface area contributed by atoms with E-state index in [0.717, 1.165) is 16.5 Å². The molecule has 0 atom stereocenters. The van der Waals surface area contributed by atoms with E-state index >= 15 is 0 Å². The van der Waals surface area contributed by atoms with Gasteiger partial charge >= 0.3 is 0 Å². The summed E-state index contributed by atoms with van der Waals surface area (Å²) in [5.74, 6) is 0. The fourth-order valence-corrected chi connectivity index (χ4v) is 1.59. The number of aromatic nitrogens is 1. The average Bonchev–Trinajstić information content (AvgIpc) is 2.30. The Morgan fingerprint density at radius 3 is 2.60 bits per heavy atom. The number of nitrogens with zero attached hydrogens (tertiary/aromatic N) is 1. The van der Waals surface area contributed by atoms with Crippen molar-refractivity contribution in [3.63, 3.8) is 0 Å². The highest BCUT2D eigenvalue weighted by Gasteiger charge is 2.09. The average molecular weight is 203 g/mol. The van der Waals surface area contributed by atoms with Crippen LogP contribution in [0.3, 0.4) is 0 Å². The molecule has 0 aliphatic rings. The summed E-state index contributed by atoms with van der Waals surface area (Å²) in [7, 11) is 3.23. The first-order chi connectivity index (χ1) is 7.35. The summed E-state index contributed by atoms with van der Waals surface area (Å²) in [4.78, 5) is 4.34. The Morgan fingerprint density at radius 1 is 1.13 bits per heavy atom. The van der Waals surface area contributed by atoms with Gasteiger partial charge in [-0.2, -0.15) is 0 Å². The van der Waals surface area contributed by atoms with E-state index in [2.05, 4.69) is 4.98 Å². The molecule has 3 nitrogen and oxygen atoms in total. The van der Waals surface area contributed by atoms with Gasteiger partial charge in [-0.25, -0.2) is 0 Å².